The van der Waals surface area contributed by atoms with Gasteiger partial charge in [0.1, 0.15) is 0 Å². The van der Waals surface area contributed by atoms with Crippen molar-refractivity contribution in [2.75, 3.05) is 19.8 Å². The van der Waals surface area contributed by atoms with E-state index in [0.29, 0.717) is 12.1 Å². The Balaban J connectivity index is 1.74. The molecule has 2 heterocycles. The topological polar surface area (TPSA) is 46.2 Å². The Labute approximate surface area is 113 Å². The lowest BCUT2D eigenvalue weighted by Crippen LogP contribution is -2.44. The Hall–Kier alpha value is -0.490. The molecule has 2 N–H and O–H groups in total. The minimum atomic E-state index is 0.491. The van der Waals surface area contributed by atoms with Gasteiger partial charge in [0.05, 0.1) is 23.9 Å². The van der Waals surface area contributed by atoms with Crippen molar-refractivity contribution in [3.8, 4) is 0 Å². The predicted molar refractivity (Wildman–Crippen MR) is 75.1 cm³/mol. The van der Waals surface area contributed by atoms with Crippen LogP contribution in [0.15, 0.2) is 0 Å². The Kier molecular flexibility index (Phi) is 5.12. The molecule has 0 aromatic carbocycles. The second-order valence-electron chi connectivity index (χ2n) is 4.99. The van der Waals surface area contributed by atoms with Gasteiger partial charge in [-0.05, 0) is 27.2 Å². The van der Waals surface area contributed by atoms with Gasteiger partial charge in [-0.25, -0.2) is 4.98 Å². The molecule has 1 aliphatic rings. The van der Waals surface area contributed by atoms with E-state index >= 15 is 0 Å². The quantitative estimate of drug-likeness (QED) is 0.852. The number of nitrogens with zero attached hydrogens (tertiary/aromatic N) is 1. The van der Waals surface area contributed by atoms with Crippen molar-refractivity contribution in [2.24, 2.45) is 0 Å². The van der Waals surface area contributed by atoms with Crippen LogP contribution >= 0.6 is 11.3 Å². The van der Waals surface area contributed by atoms with Crippen molar-refractivity contribution in [2.45, 2.75) is 45.8 Å². The van der Waals surface area contributed by atoms with E-state index in [0.717, 1.165) is 43.4 Å². The van der Waals surface area contributed by atoms with Crippen LogP contribution < -0.4 is 10.6 Å². The largest absolute Gasteiger partial charge is 0.379 e. The van der Waals surface area contributed by atoms with E-state index in [9.17, 15) is 0 Å². The summed E-state index contributed by atoms with van der Waals surface area (Å²) < 4.78 is 5.47. The van der Waals surface area contributed by atoms with Crippen LogP contribution in [0.25, 0.3) is 0 Å². The number of ether oxygens (including phenoxy) is 1. The van der Waals surface area contributed by atoms with Gasteiger partial charge < -0.3 is 15.4 Å². The molecular formula is C13H23N3OS. The molecule has 0 radical (unpaired) electrons. The maximum absolute atomic E-state index is 5.47. The zero-order chi connectivity index (χ0) is 13.0. The fourth-order valence-corrected chi connectivity index (χ4v) is 3.17. The van der Waals surface area contributed by atoms with Gasteiger partial charge in [-0.15, -0.1) is 11.3 Å². The van der Waals surface area contributed by atoms with Gasteiger partial charge in [0.2, 0.25) is 0 Å². The first-order valence-corrected chi connectivity index (χ1v) is 7.44. The molecule has 1 fully saturated rings. The zero-order valence-electron chi connectivity index (χ0n) is 11.5. The van der Waals surface area contributed by atoms with Crippen LogP contribution in [0, 0.1) is 13.8 Å². The number of nitrogens with one attached hydrogen (secondary N) is 2. The van der Waals surface area contributed by atoms with Crippen LogP contribution in [-0.2, 0) is 11.3 Å². The standard InChI is InChI=1S/C13H23N3OS/c1-9(6-12-8-17-5-4-14-12)15-7-13-10(2)16-11(3)18-13/h9,12,14-15H,4-8H2,1-3H3. The first kappa shape index (κ1) is 13.9. The monoisotopic (exact) mass is 269 g/mol. The molecule has 1 aromatic heterocycles. The van der Waals surface area contributed by atoms with Crippen molar-refractivity contribution in [3.05, 3.63) is 15.6 Å². The molecule has 18 heavy (non-hydrogen) atoms. The molecule has 0 aliphatic carbocycles. The van der Waals surface area contributed by atoms with Crippen LogP contribution in [0.2, 0.25) is 0 Å². The van der Waals surface area contributed by atoms with Crippen molar-refractivity contribution < 1.29 is 4.74 Å². The van der Waals surface area contributed by atoms with E-state index in [1.807, 2.05) is 0 Å². The van der Waals surface area contributed by atoms with Crippen LogP contribution in [0.4, 0.5) is 0 Å². The summed E-state index contributed by atoms with van der Waals surface area (Å²) in [6, 6.07) is 0.983. The lowest BCUT2D eigenvalue weighted by atomic mass is 10.1. The first-order valence-electron chi connectivity index (χ1n) is 6.62. The van der Waals surface area contributed by atoms with Crippen molar-refractivity contribution in [3.63, 3.8) is 0 Å². The van der Waals surface area contributed by atoms with E-state index in [1.54, 1.807) is 11.3 Å². The fourth-order valence-electron chi connectivity index (χ4n) is 2.29. The van der Waals surface area contributed by atoms with Crippen molar-refractivity contribution in [1.29, 1.82) is 0 Å². The molecule has 0 amide bonds. The van der Waals surface area contributed by atoms with E-state index < -0.39 is 0 Å². The number of aromatic nitrogens is 1. The molecule has 0 bridgehead atoms. The summed E-state index contributed by atoms with van der Waals surface area (Å²) in [6.07, 6.45) is 1.11. The van der Waals surface area contributed by atoms with Gasteiger partial charge in [0.15, 0.2) is 0 Å². The van der Waals surface area contributed by atoms with Gasteiger partial charge >= 0.3 is 0 Å². The third kappa shape index (κ3) is 4.02. The highest BCUT2D eigenvalue weighted by Gasteiger charge is 2.16. The fraction of sp³-hybridized carbons (Fsp3) is 0.769. The Morgan fingerprint density at radius 1 is 1.56 bits per heavy atom. The van der Waals surface area contributed by atoms with Gasteiger partial charge in [-0.1, -0.05) is 0 Å². The lowest BCUT2D eigenvalue weighted by Gasteiger charge is -2.26. The molecular weight excluding hydrogens is 246 g/mol. The van der Waals surface area contributed by atoms with Gasteiger partial charge in [-0.3, -0.25) is 0 Å². The summed E-state index contributed by atoms with van der Waals surface area (Å²) >= 11 is 1.79. The summed E-state index contributed by atoms with van der Waals surface area (Å²) in [7, 11) is 0. The van der Waals surface area contributed by atoms with Crippen molar-refractivity contribution >= 4 is 11.3 Å². The molecule has 0 spiro atoms. The van der Waals surface area contributed by atoms with Crippen LogP contribution in [-0.4, -0.2) is 36.8 Å². The SMILES string of the molecule is Cc1nc(C)c(CNC(C)CC2COCCN2)s1. The average molecular weight is 269 g/mol. The number of thiazole rings is 1. The summed E-state index contributed by atoms with van der Waals surface area (Å²) in [5.41, 5.74) is 1.16. The minimum Gasteiger partial charge on any atom is -0.379 e. The summed E-state index contributed by atoms with van der Waals surface area (Å²) in [5, 5.41) is 8.22. The molecule has 2 atom stereocenters. The smallest absolute Gasteiger partial charge is 0.0900 e. The third-order valence-electron chi connectivity index (χ3n) is 3.25. The van der Waals surface area contributed by atoms with Crippen LogP contribution in [0.1, 0.15) is 28.9 Å². The maximum atomic E-state index is 5.47. The molecule has 5 heteroatoms. The number of hydrogen-bond acceptors (Lipinski definition) is 5. The normalized spacial score (nSPS) is 22.1. The van der Waals surface area contributed by atoms with Crippen molar-refractivity contribution in [1.82, 2.24) is 15.6 Å². The van der Waals surface area contributed by atoms with Crippen LogP contribution in [0.5, 0.6) is 0 Å². The first-order chi connectivity index (χ1) is 8.65. The summed E-state index contributed by atoms with van der Waals surface area (Å²) in [4.78, 5) is 5.80. The highest BCUT2D eigenvalue weighted by Crippen LogP contribution is 2.17. The van der Waals surface area contributed by atoms with E-state index in [2.05, 4.69) is 36.4 Å². The molecule has 1 saturated heterocycles. The molecule has 1 aliphatic heterocycles. The number of morpholine rings is 1. The number of hydrogen-bond donors (Lipinski definition) is 2. The minimum absolute atomic E-state index is 0.491. The van der Waals surface area contributed by atoms with E-state index in [4.69, 9.17) is 4.74 Å². The highest BCUT2D eigenvalue weighted by molar-refractivity contribution is 7.11. The maximum Gasteiger partial charge on any atom is 0.0900 e. The average Bonchev–Trinajstić information content (AvgIpc) is 2.66. The lowest BCUT2D eigenvalue weighted by molar-refractivity contribution is 0.0712. The van der Waals surface area contributed by atoms with Crippen LogP contribution in [0.3, 0.4) is 0 Å². The predicted octanol–water partition coefficient (Wildman–Crippen LogP) is 1.62. The van der Waals surface area contributed by atoms with E-state index in [-0.39, 0.29) is 0 Å². The third-order valence-corrected chi connectivity index (χ3v) is 4.32. The van der Waals surface area contributed by atoms with Gasteiger partial charge in [0, 0.05) is 30.1 Å². The van der Waals surface area contributed by atoms with Gasteiger partial charge in [-0.2, -0.15) is 0 Å². The second-order valence-corrected chi connectivity index (χ2v) is 6.27. The Morgan fingerprint density at radius 2 is 2.39 bits per heavy atom. The summed E-state index contributed by atoms with van der Waals surface area (Å²) in [5.74, 6) is 0. The number of aryl methyl sites for hydroxylation is 2. The molecule has 102 valence electrons. The molecule has 2 unspecified atom stereocenters. The number of rotatable bonds is 5. The van der Waals surface area contributed by atoms with E-state index in [1.165, 1.54) is 4.88 Å². The molecule has 0 saturated carbocycles. The van der Waals surface area contributed by atoms with Gasteiger partial charge in [0.25, 0.3) is 0 Å². The zero-order valence-corrected chi connectivity index (χ0v) is 12.3. The molecule has 4 nitrogen and oxygen atoms in total. The molecule has 2 rings (SSSR count). The Morgan fingerprint density at radius 3 is 3.00 bits per heavy atom. The Bertz CT molecular complexity index is 374. The second kappa shape index (κ2) is 6.61. The highest BCUT2D eigenvalue weighted by atomic mass is 32.1. The summed E-state index contributed by atoms with van der Waals surface area (Å²) in [6.45, 7) is 9.97. The molecule has 1 aromatic rings.